The summed E-state index contributed by atoms with van der Waals surface area (Å²) in [4.78, 5) is 16.8. The molecule has 1 aromatic carbocycles. The maximum Gasteiger partial charge on any atom is 0.208 e. The van der Waals surface area contributed by atoms with E-state index < -0.39 is 0 Å². The monoisotopic (exact) mass is 341 g/mol. The first-order valence-electron chi connectivity index (χ1n) is 8.98. The number of aromatic nitrogens is 3. The third kappa shape index (κ3) is 3.72. The van der Waals surface area contributed by atoms with E-state index in [9.17, 15) is 4.79 Å². The number of hydrogen-bond donors (Lipinski definition) is 1. The van der Waals surface area contributed by atoms with E-state index >= 15 is 0 Å². The van der Waals surface area contributed by atoms with Crippen LogP contribution in [-0.4, -0.2) is 26.7 Å². The number of nitrogens with zero attached hydrogens (tertiary/aromatic N) is 2. The summed E-state index contributed by atoms with van der Waals surface area (Å²) in [6, 6.07) is 8.26. The largest absolute Gasteiger partial charge is 0.293 e. The predicted octanol–water partition coefficient (Wildman–Crippen LogP) is 4.70. The van der Waals surface area contributed by atoms with Crippen LogP contribution in [0.2, 0.25) is 0 Å². The van der Waals surface area contributed by atoms with Crippen LogP contribution < -0.4 is 0 Å². The van der Waals surface area contributed by atoms with Crippen LogP contribution in [0.5, 0.6) is 0 Å². The molecule has 0 atom stereocenters. The van der Waals surface area contributed by atoms with Gasteiger partial charge in [0.2, 0.25) is 5.16 Å². The number of H-pyrrole nitrogens is 1. The van der Waals surface area contributed by atoms with Crippen molar-refractivity contribution in [3.63, 3.8) is 0 Å². The Labute approximate surface area is 146 Å². The molecule has 0 saturated heterocycles. The zero-order chi connectivity index (χ0) is 16.4. The molecule has 4 nitrogen and oxygen atoms in total. The summed E-state index contributed by atoms with van der Waals surface area (Å²) in [5.74, 6) is 2.76. The summed E-state index contributed by atoms with van der Waals surface area (Å²) in [6.07, 6.45) is 9.02. The lowest BCUT2D eigenvalue weighted by atomic mass is 9.84. The highest BCUT2D eigenvalue weighted by Crippen LogP contribution is 2.38. The molecule has 0 bridgehead atoms. The lowest BCUT2D eigenvalue weighted by Crippen LogP contribution is -2.06. The standard InChI is InChI=1S/C19H23N3OS/c23-17(12-24-19-20-18(21-22-19)16-10-11-16)15-8-6-14(7-9-15)13-4-2-1-3-5-13/h6-9,13,16H,1-5,10-12H2,(H,20,21,22). The van der Waals surface area contributed by atoms with E-state index in [-0.39, 0.29) is 5.78 Å². The molecule has 1 aromatic heterocycles. The fraction of sp³-hybridized carbons (Fsp3) is 0.526. The Hall–Kier alpha value is -1.62. The summed E-state index contributed by atoms with van der Waals surface area (Å²) < 4.78 is 0. The molecule has 0 amide bonds. The Kier molecular flexibility index (Phi) is 4.69. The maximum atomic E-state index is 12.4. The molecule has 4 rings (SSSR count). The number of thioether (sulfide) groups is 1. The topological polar surface area (TPSA) is 58.6 Å². The highest BCUT2D eigenvalue weighted by molar-refractivity contribution is 7.99. The first-order chi connectivity index (χ1) is 11.8. The number of aromatic amines is 1. The number of carbonyl (C=O) groups is 1. The number of benzene rings is 1. The minimum absolute atomic E-state index is 0.146. The smallest absolute Gasteiger partial charge is 0.208 e. The van der Waals surface area contributed by atoms with Gasteiger partial charge in [-0.2, -0.15) is 0 Å². The van der Waals surface area contributed by atoms with Gasteiger partial charge in [-0.3, -0.25) is 9.89 Å². The van der Waals surface area contributed by atoms with Gasteiger partial charge in [-0.05, 0) is 37.2 Å². The Bertz CT molecular complexity index is 700. The summed E-state index contributed by atoms with van der Waals surface area (Å²) in [5, 5.41) is 7.86. The van der Waals surface area contributed by atoms with E-state index in [4.69, 9.17) is 0 Å². The SMILES string of the molecule is O=C(CSc1n[nH]c(C2CC2)n1)c1ccc(C2CCCCC2)cc1. The average Bonchev–Trinajstić information content (AvgIpc) is 3.39. The van der Waals surface area contributed by atoms with Gasteiger partial charge in [0.15, 0.2) is 5.78 Å². The fourth-order valence-electron chi connectivity index (χ4n) is 3.45. The van der Waals surface area contributed by atoms with E-state index in [0.29, 0.717) is 22.7 Å². The first kappa shape index (κ1) is 15.9. The maximum absolute atomic E-state index is 12.4. The van der Waals surface area contributed by atoms with Crippen molar-refractivity contribution < 1.29 is 4.79 Å². The van der Waals surface area contributed by atoms with Gasteiger partial charge in [0.1, 0.15) is 5.82 Å². The van der Waals surface area contributed by atoms with E-state index in [0.717, 1.165) is 11.4 Å². The lowest BCUT2D eigenvalue weighted by molar-refractivity contribution is 0.102. The van der Waals surface area contributed by atoms with Gasteiger partial charge in [0, 0.05) is 11.5 Å². The van der Waals surface area contributed by atoms with Crippen LogP contribution in [0.3, 0.4) is 0 Å². The van der Waals surface area contributed by atoms with E-state index in [1.165, 1.54) is 62.3 Å². The Morgan fingerprint density at radius 2 is 1.79 bits per heavy atom. The number of hydrogen-bond acceptors (Lipinski definition) is 4. The fourth-order valence-corrected chi connectivity index (χ4v) is 4.15. The van der Waals surface area contributed by atoms with E-state index in [2.05, 4.69) is 27.3 Å². The Morgan fingerprint density at radius 3 is 2.50 bits per heavy atom. The van der Waals surface area contributed by atoms with E-state index in [1.807, 2.05) is 12.1 Å². The molecule has 1 N–H and O–H groups in total. The number of rotatable bonds is 6. The number of nitrogens with one attached hydrogen (secondary N) is 1. The average molecular weight is 341 g/mol. The van der Waals surface area contributed by atoms with Crippen LogP contribution in [-0.2, 0) is 0 Å². The van der Waals surface area contributed by atoms with Crippen molar-refractivity contribution in [3.8, 4) is 0 Å². The van der Waals surface area contributed by atoms with Gasteiger partial charge in [0.05, 0.1) is 5.75 Å². The van der Waals surface area contributed by atoms with Crippen molar-refractivity contribution >= 4 is 17.5 Å². The van der Waals surface area contributed by atoms with Crippen molar-refractivity contribution in [2.45, 2.75) is 61.9 Å². The van der Waals surface area contributed by atoms with Crippen LogP contribution in [0.25, 0.3) is 0 Å². The van der Waals surface area contributed by atoms with Crippen molar-refractivity contribution in [1.29, 1.82) is 0 Å². The molecule has 1 heterocycles. The first-order valence-corrected chi connectivity index (χ1v) is 9.96. The number of carbonyl (C=O) groups excluding carboxylic acids is 1. The molecule has 24 heavy (non-hydrogen) atoms. The van der Waals surface area contributed by atoms with Gasteiger partial charge in [0.25, 0.3) is 0 Å². The lowest BCUT2D eigenvalue weighted by Gasteiger charge is -2.22. The summed E-state index contributed by atoms with van der Waals surface area (Å²) in [7, 11) is 0. The van der Waals surface area contributed by atoms with Crippen molar-refractivity contribution in [3.05, 3.63) is 41.2 Å². The van der Waals surface area contributed by atoms with Gasteiger partial charge in [-0.25, -0.2) is 4.98 Å². The molecule has 2 aliphatic rings. The number of ketones is 1. The molecule has 5 heteroatoms. The van der Waals surface area contributed by atoms with Gasteiger partial charge in [-0.1, -0.05) is 55.3 Å². The Morgan fingerprint density at radius 1 is 1.04 bits per heavy atom. The molecule has 2 aliphatic carbocycles. The molecule has 2 saturated carbocycles. The third-order valence-electron chi connectivity index (χ3n) is 5.09. The molecule has 0 aliphatic heterocycles. The van der Waals surface area contributed by atoms with Crippen LogP contribution >= 0.6 is 11.8 Å². The van der Waals surface area contributed by atoms with Crippen molar-refractivity contribution in [2.75, 3.05) is 5.75 Å². The van der Waals surface area contributed by atoms with Gasteiger partial charge in [-0.15, -0.1) is 5.10 Å². The van der Waals surface area contributed by atoms with Gasteiger partial charge >= 0.3 is 0 Å². The second-order valence-corrected chi connectivity index (χ2v) is 7.89. The van der Waals surface area contributed by atoms with E-state index in [1.54, 1.807) is 0 Å². The molecule has 0 unspecified atom stereocenters. The van der Waals surface area contributed by atoms with Gasteiger partial charge < -0.3 is 0 Å². The molecule has 2 aromatic rings. The second-order valence-electron chi connectivity index (χ2n) is 6.95. The normalized spacial score (nSPS) is 18.7. The minimum Gasteiger partial charge on any atom is -0.293 e. The number of Topliss-reactive ketones (excluding diaryl/α,β-unsaturated/α-hetero) is 1. The molecule has 2 fully saturated rings. The Balaban J connectivity index is 1.33. The van der Waals surface area contributed by atoms with Crippen LogP contribution in [0.4, 0.5) is 0 Å². The highest BCUT2D eigenvalue weighted by atomic mass is 32.2. The molecule has 0 spiro atoms. The molecule has 126 valence electrons. The summed E-state index contributed by atoms with van der Waals surface area (Å²) in [5.41, 5.74) is 2.18. The molecule has 0 radical (unpaired) electrons. The second kappa shape index (κ2) is 7.09. The van der Waals surface area contributed by atoms with Crippen LogP contribution in [0.1, 0.15) is 78.5 Å². The van der Waals surface area contributed by atoms with Crippen LogP contribution in [0.15, 0.2) is 29.4 Å². The van der Waals surface area contributed by atoms with Crippen LogP contribution in [0, 0.1) is 0 Å². The highest BCUT2D eigenvalue weighted by Gasteiger charge is 2.27. The third-order valence-corrected chi connectivity index (χ3v) is 5.94. The minimum atomic E-state index is 0.146. The van der Waals surface area contributed by atoms with Crippen molar-refractivity contribution in [1.82, 2.24) is 15.2 Å². The zero-order valence-electron chi connectivity index (χ0n) is 13.8. The molecular weight excluding hydrogens is 318 g/mol. The molecular formula is C19H23N3OS. The quantitative estimate of drug-likeness (QED) is 0.611. The summed E-state index contributed by atoms with van der Waals surface area (Å²) in [6.45, 7) is 0. The van der Waals surface area contributed by atoms with Crippen molar-refractivity contribution in [2.24, 2.45) is 0 Å². The summed E-state index contributed by atoms with van der Waals surface area (Å²) >= 11 is 1.42. The predicted molar refractivity (Wildman–Crippen MR) is 95.7 cm³/mol. The zero-order valence-corrected chi connectivity index (χ0v) is 14.6.